The summed E-state index contributed by atoms with van der Waals surface area (Å²) in [5, 5.41) is 5.82. The highest BCUT2D eigenvalue weighted by Gasteiger charge is 2.07. The molecule has 0 saturated carbocycles. The first-order valence-electron chi connectivity index (χ1n) is 7.25. The van der Waals surface area contributed by atoms with Crippen molar-refractivity contribution in [3.63, 3.8) is 0 Å². The molecule has 3 aromatic carbocycles. The highest BCUT2D eigenvalue weighted by atomic mass is 35.5. The molecular weight excluding hydrogens is 294 g/mol. The van der Waals surface area contributed by atoms with Crippen molar-refractivity contribution in [1.82, 2.24) is 0 Å². The summed E-state index contributed by atoms with van der Waals surface area (Å²) in [5.41, 5.74) is 1.85. The Kier molecular flexibility index (Phi) is 4.40. The van der Waals surface area contributed by atoms with Gasteiger partial charge in [0, 0.05) is 6.42 Å². The van der Waals surface area contributed by atoms with Crippen molar-refractivity contribution in [3.8, 4) is 0 Å². The third-order valence-corrected chi connectivity index (χ3v) is 3.98. The van der Waals surface area contributed by atoms with Crippen molar-refractivity contribution in [2.45, 2.75) is 12.8 Å². The average Bonchev–Trinajstić information content (AvgIpc) is 2.55. The minimum absolute atomic E-state index is 0.0268. The lowest BCUT2D eigenvalue weighted by atomic mass is 10.0. The molecule has 0 heterocycles. The van der Waals surface area contributed by atoms with Gasteiger partial charge in [-0.3, -0.25) is 4.79 Å². The highest BCUT2D eigenvalue weighted by Crippen LogP contribution is 2.22. The fourth-order valence-electron chi connectivity index (χ4n) is 2.53. The van der Waals surface area contributed by atoms with Crippen LogP contribution < -0.4 is 5.32 Å². The van der Waals surface area contributed by atoms with Crippen molar-refractivity contribution in [3.05, 3.63) is 77.3 Å². The third kappa shape index (κ3) is 3.29. The number of nitrogens with one attached hydrogen (secondary N) is 1. The molecule has 22 heavy (non-hydrogen) atoms. The Hall–Kier alpha value is -2.32. The van der Waals surface area contributed by atoms with E-state index in [-0.39, 0.29) is 5.91 Å². The van der Waals surface area contributed by atoms with E-state index in [1.165, 1.54) is 16.3 Å². The molecule has 0 aliphatic carbocycles. The van der Waals surface area contributed by atoms with Gasteiger partial charge in [-0.2, -0.15) is 0 Å². The van der Waals surface area contributed by atoms with Crippen LogP contribution in [0.25, 0.3) is 10.8 Å². The quantitative estimate of drug-likeness (QED) is 0.716. The average molecular weight is 310 g/mol. The molecule has 0 bridgehead atoms. The molecule has 3 rings (SSSR count). The largest absolute Gasteiger partial charge is 0.325 e. The number of anilines is 1. The molecule has 0 fully saturated rings. The maximum Gasteiger partial charge on any atom is 0.224 e. The first kappa shape index (κ1) is 14.6. The van der Waals surface area contributed by atoms with Crippen LogP contribution in [0, 0.1) is 0 Å². The summed E-state index contributed by atoms with van der Waals surface area (Å²) in [4.78, 5) is 12.1. The maximum atomic E-state index is 12.1. The number of aryl methyl sites for hydroxylation is 1. The van der Waals surface area contributed by atoms with Gasteiger partial charge in [0.1, 0.15) is 0 Å². The predicted octanol–water partition coefficient (Wildman–Crippen LogP) is 5.06. The van der Waals surface area contributed by atoms with E-state index in [0.717, 1.165) is 0 Å². The van der Waals surface area contributed by atoms with E-state index in [4.69, 9.17) is 11.6 Å². The summed E-state index contributed by atoms with van der Waals surface area (Å²) in [6, 6.07) is 21.7. The smallest absolute Gasteiger partial charge is 0.224 e. The molecule has 0 aliphatic heterocycles. The number of hydrogen-bond donors (Lipinski definition) is 1. The fourth-order valence-corrected chi connectivity index (χ4v) is 2.72. The zero-order valence-corrected chi connectivity index (χ0v) is 12.8. The van der Waals surface area contributed by atoms with Crippen LogP contribution in [-0.4, -0.2) is 5.91 Å². The van der Waals surface area contributed by atoms with E-state index in [1.54, 1.807) is 12.1 Å². The topological polar surface area (TPSA) is 29.1 Å². The highest BCUT2D eigenvalue weighted by molar-refractivity contribution is 6.33. The van der Waals surface area contributed by atoms with Gasteiger partial charge in [-0.1, -0.05) is 66.2 Å². The van der Waals surface area contributed by atoms with E-state index >= 15 is 0 Å². The summed E-state index contributed by atoms with van der Waals surface area (Å²) in [5.74, 6) is -0.0268. The van der Waals surface area contributed by atoms with Crippen LogP contribution >= 0.6 is 11.6 Å². The Labute approximate surface area is 134 Å². The van der Waals surface area contributed by atoms with Crippen LogP contribution in [0.2, 0.25) is 5.02 Å². The van der Waals surface area contributed by atoms with E-state index in [9.17, 15) is 4.79 Å². The van der Waals surface area contributed by atoms with Gasteiger partial charge in [-0.15, -0.1) is 0 Å². The molecule has 0 spiro atoms. The van der Waals surface area contributed by atoms with Gasteiger partial charge in [0.05, 0.1) is 10.7 Å². The van der Waals surface area contributed by atoms with Crippen LogP contribution in [0.4, 0.5) is 5.69 Å². The molecule has 0 saturated heterocycles. The predicted molar refractivity (Wildman–Crippen MR) is 92.4 cm³/mol. The second-order valence-corrected chi connectivity index (χ2v) is 5.57. The van der Waals surface area contributed by atoms with Gasteiger partial charge in [0.25, 0.3) is 0 Å². The summed E-state index contributed by atoms with van der Waals surface area (Å²) < 4.78 is 0. The molecule has 110 valence electrons. The number of benzene rings is 3. The Bertz CT molecular complexity index is 808. The van der Waals surface area contributed by atoms with Crippen LogP contribution in [0.3, 0.4) is 0 Å². The van der Waals surface area contributed by atoms with Gasteiger partial charge in [0.2, 0.25) is 5.91 Å². The third-order valence-electron chi connectivity index (χ3n) is 3.65. The second-order valence-electron chi connectivity index (χ2n) is 5.17. The first-order valence-corrected chi connectivity index (χ1v) is 7.63. The van der Waals surface area contributed by atoms with E-state index < -0.39 is 0 Å². The fraction of sp³-hybridized carbons (Fsp3) is 0.105. The van der Waals surface area contributed by atoms with Gasteiger partial charge in [0.15, 0.2) is 0 Å². The van der Waals surface area contributed by atoms with Crippen molar-refractivity contribution < 1.29 is 4.79 Å². The SMILES string of the molecule is O=C(CCc1cccc2ccccc12)Nc1ccccc1Cl. The minimum atomic E-state index is -0.0268. The number of halogens is 1. The molecule has 0 unspecified atom stereocenters. The number of amides is 1. The molecular formula is C19H16ClNO. The van der Waals surface area contributed by atoms with Gasteiger partial charge in [-0.25, -0.2) is 0 Å². The number of carbonyl (C=O) groups excluding carboxylic acids is 1. The van der Waals surface area contributed by atoms with E-state index in [1.807, 2.05) is 30.3 Å². The normalized spacial score (nSPS) is 10.6. The lowest BCUT2D eigenvalue weighted by Crippen LogP contribution is -2.12. The standard InChI is InChI=1S/C19H16ClNO/c20-17-10-3-4-11-18(17)21-19(22)13-12-15-8-5-7-14-6-1-2-9-16(14)15/h1-11H,12-13H2,(H,21,22). The van der Waals surface area contributed by atoms with E-state index in [2.05, 4.69) is 29.6 Å². The molecule has 3 heteroatoms. The number of carbonyl (C=O) groups is 1. The van der Waals surface area contributed by atoms with Crippen LogP contribution in [-0.2, 0) is 11.2 Å². The van der Waals surface area contributed by atoms with Gasteiger partial charge < -0.3 is 5.32 Å². The van der Waals surface area contributed by atoms with Crippen molar-refractivity contribution in [1.29, 1.82) is 0 Å². The zero-order valence-electron chi connectivity index (χ0n) is 12.1. The molecule has 1 amide bonds. The summed E-state index contributed by atoms with van der Waals surface area (Å²) >= 11 is 6.05. The summed E-state index contributed by atoms with van der Waals surface area (Å²) in [6.07, 6.45) is 1.14. The molecule has 1 N–H and O–H groups in total. The maximum absolute atomic E-state index is 12.1. The summed E-state index contributed by atoms with van der Waals surface area (Å²) in [6.45, 7) is 0. The van der Waals surface area contributed by atoms with E-state index in [0.29, 0.717) is 23.6 Å². The molecule has 0 aromatic heterocycles. The van der Waals surface area contributed by atoms with Crippen LogP contribution in [0.1, 0.15) is 12.0 Å². The molecule has 0 aliphatic rings. The summed E-state index contributed by atoms with van der Waals surface area (Å²) in [7, 11) is 0. The second kappa shape index (κ2) is 6.63. The number of hydrogen-bond acceptors (Lipinski definition) is 1. The molecule has 0 atom stereocenters. The molecule has 2 nitrogen and oxygen atoms in total. The van der Waals surface area contributed by atoms with Crippen molar-refractivity contribution >= 4 is 34.0 Å². The number of rotatable bonds is 4. The van der Waals surface area contributed by atoms with Crippen molar-refractivity contribution in [2.75, 3.05) is 5.32 Å². The Morgan fingerprint density at radius 3 is 2.50 bits per heavy atom. The Morgan fingerprint density at radius 2 is 1.64 bits per heavy atom. The van der Waals surface area contributed by atoms with Crippen molar-refractivity contribution in [2.24, 2.45) is 0 Å². The molecule has 3 aromatic rings. The lowest BCUT2D eigenvalue weighted by Gasteiger charge is -2.08. The van der Waals surface area contributed by atoms with Gasteiger partial charge in [-0.05, 0) is 34.9 Å². The number of para-hydroxylation sites is 1. The Balaban J connectivity index is 1.69. The van der Waals surface area contributed by atoms with Crippen LogP contribution in [0.5, 0.6) is 0 Å². The lowest BCUT2D eigenvalue weighted by molar-refractivity contribution is -0.116. The minimum Gasteiger partial charge on any atom is -0.325 e. The number of fused-ring (bicyclic) bond motifs is 1. The zero-order chi connectivity index (χ0) is 15.4. The molecule has 0 radical (unpaired) electrons. The Morgan fingerprint density at radius 1 is 0.909 bits per heavy atom. The first-order chi connectivity index (χ1) is 10.7. The van der Waals surface area contributed by atoms with Gasteiger partial charge >= 0.3 is 0 Å². The van der Waals surface area contributed by atoms with Crippen LogP contribution in [0.15, 0.2) is 66.7 Å². The monoisotopic (exact) mass is 309 g/mol.